The van der Waals surface area contributed by atoms with E-state index in [9.17, 15) is 19.5 Å². The molecule has 2 aromatic carbocycles. The molecule has 0 saturated carbocycles. The maximum absolute atomic E-state index is 11.7. The molecule has 0 bridgehead atoms. The van der Waals surface area contributed by atoms with Crippen molar-refractivity contribution in [1.82, 2.24) is 15.3 Å². The van der Waals surface area contributed by atoms with Gasteiger partial charge in [0.2, 0.25) is 0 Å². The number of rotatable bonds is 9. The lowest BCUT2D eigenvalue weighted by Gasteiger charge is -2.14. The molecule has 0 fully saturated rings. The summed E-state index contributed by atoms with van der Waals surface area (Å²) >= 11 is 0. The number of esters is 1. The number of methoxy groups -OCH3 is 1. The quantitative estimate of drug-likeness (QED) is 0.348. The largest absolute Gasteiger partial charge is 0.480 e. The van der Waals surface area contributed by atoms with Crippen molar-refractivity contribution in [1.29, 1.82) is 0 Å². The predicted octanol–water partition coefficient (Wildman–Crippen LogP) is 2.06. The van der Waals surface area contributed by atoms with Gasteiger partial charge in [-0.3, -0.25) is 4.79 Å². The summed E-state index contributed by atoms with van der Waals surface area (Å²) in [6, 6.07) is 16.7. The molecule has 3 rings (SSSR count). The standard InChI is InChI=1S/C17H17NO4.C7H11N3O2/c19-16(20)15(11-13-7-3-1-4-8-13)18-17(21)22-12-14-9-5-2-6-10-14;1-12-7(11)6(8)2-5-3-9-4-10-5/h1-10,15H,11-12H2,(H,18,21)(H,19,20);3-4,6H,2,8H2,1H3,(H,9,10)/t15-;6-/m11/s1. The first-order valence-electron chi connectivity index (χ1n) is 10.4. The fraction of sp³-hybridized carbons (Fsp3) is 0.250. The Morgan fingerprint density at radius 3 is 2.18 bits per heavy atom. The first-order chi connectivity index (χ1) is 16.4. The number of nitrogens with two attached hydrogens (primary N) is 1. The van der Waals surface area contributed by atoms with Crippen molar-refractivity contribution in [2.75, 3.05) is 7.11 Å². The normalized spacial score (nSPS) is 11.8. The molecule has 0 spiro atoms. The zero-order chi connectivity index (χ0) is 24.8. The van der Waals surface area contributed by atoms with Gasteiger partial charge in [-0.1, -0.05) is 60.7 Å². The predicted molar refractivity (Wildman–Crippen MR) is 124 cm³/mol. The van der Waals surface area contributed by atoms with Crippen LogP contribution in [0.2, 0.25) is 0 Å². The number of nitrogens with one attached hydrogen (secondary N) is 2. The molecule has 1 aromatic heterocycles. The lowest BCUT2D eigenvalue weighted by Crippen LogP contribution is -2.42. The number of aliphatic carboxylic acids is 1. The summed E-state index contributed by atoms with van der Waals surface area (Å²) in [7, 11) is 1.31. The van der Waals surface area contributed by atoms with E-state index in [4.69, 9.17) is 10.5 Å². The van der Waals surface area contributed by atoms with Crippen LogP contribution in [0.15, 0.2) is 73.2 Å². The van der Waals surface area contributed by atoms with E-state index in [-0.39, 0.29) is 13.0 Å². The van der Waals surface area contributed by atoms with Crippen molar-refractivity contribution in [3.63, 3.8) is 0 Å². The fourth-order valence-electron chi connectivity index (χ4n) is 2.82. The molecule has 0 aliphatic carbocycles. The third kappa shape index (κ3) is 9.53. The molecule has 0 aliphatic heterocycles. The number of alkyl carbamates (subject to hydrolysis) is 1. The van der Waals surface area contributed by atoms with Crippen LogP contribution in [0.1, 0.15) is 16.8 Å². The lowest BCUT2D eigenvalue weighted by molar-refractivity contribution is -0.142. The van der Waals surface area contributed by atoms with E-state index in [0.29, 0.717) is 6.42 Å². The maximum Gasteiger partial charge on any atom is 0.408 e. The first-order valence-corrected chi connectivity index (χ1v) is 10.4. The third-order valence-corrected chi connectivity index (χ3v) is 4.58. The van der Waals surface area contributed by atoms with Crippen LogP contribution in [0.3, 0.4) is 0 Å². The van der Waals surface area contributed by atoms with E-state index in [1.165, 1.54) is 7.11 Å². The molecule has 3 aromatic rings. The summed E-state index contributed by atoms with van der Waals surface area (Å²) in [5.41, 5.74) is 8.00. The summed E-state index contributed by atoms with van der Waals surface area (Å²) in [6.45, 7) is 0.102. The summed E-state index contributed by atoms with van der Waals surface area (Å²) in [5, 5.41) is 11.6. The highest BCUT2D eigenvalue weighted by atomic mass is 16.5. The van der Waals surface area contributed by atoms with Gasteiger partial charge in [0.1, 0.15) is 18.7 Å². The second-order valence-electron chi connectivity index (χ2n) is 7.20. The minimum absolute atomic E-state index is 0.102. The first kappa shape index (κ1) is 26.1. The molecule has 10 nitrogen and oxygen atoms in total. The minimum Gasteiger partial charge on any atom is -0.480 e. The Bertz CT molecular complexity index is 1010. The molecule has 180 valence electrons. The number of hydrogen-bond donors (Lipinski definition) is 4. The van der Waals surface area contributed by atoms with E-state index in [2.05, 4.69) is 20.0 Å². The average molecular weight is 469 g/mol. The van der Waals surface area contributed by atoms with Gasteiger partial charge in [-0.2, -0.15) is 0 Å². The number of hydrogen-bond acceptors (Lipinski definition) is 7. The van der Waals surface area contributed by atoms with Crippen molar-refractivity contribution in [2.24, 2.45) is 5.73 Å². The third-order valence-electron chi connectivity index (χ3n) is 4.58. The Balaban J connectivity index is 0.000000287. The number of carboxylic acids is 1. The average Bonchev–Trinajstić information content (AvgIpc) is 3.36. The number of aromatic amines is 1. The van der Waals surface area contributed by atoms with Gasteiger partial charge in [0.25, 0.3) is 0 Å². The van der Waals surface area contributed by atoms with E-state index in [0.717, 1.165) is 16.8 Å². The van der Waals surface area contributed by atoms with Gasteiger partial charge in [0.05, 0.1) is 13.4 Å². The second kappa shape index (κ2) is 14.1. The van der Waals surface area contributed by atoms with Crippen LogP contribution < -0.4 is 11.1 Å². The van der Waals surface area contributed by atoms with Crippen LogP contribution in [0.5, 0.6) is 0 Å². The topological polar surface area (TPSA) is 157 Å². The van der Waals surface area contributed by atoms with Crippen molar-refractivity contribution >= 4 is 18.0 Å². The Morgan fingerprint density at radius 2 is 1.65 bits per heavy atom. The van der Waals surface area contributed by atoms with Crippen molar-refractivity contribution in [2.45, 2.75) is 31.5 Å². The van der Waals surface area contributed by atoms with Gasteiger partial charge < -0.3 is 30.6 Å². The zero-order valence-electron chi connectivity index (χ0n) is 18.7. The molecular formula is C24H28N4O6. The van der Waals surface area contributed by atoms with Crippen LogP contribution in [-0.2, 0) is 38.5 Å². The van der Waals surface area contributed by atoms with Crippen LogP contribution in [0.25, 0.3) is 0 Å². The summed E-state index contributed by atoms with van der Waals surface area (Å²) in [5.74, 6) is -1.51. The highest BCUT2D eigenvalue weighted by Gasteiger charge is 2.21. The van der Waals surface area contributed by atoms with Crippen LogP contribution >= 0.6 is 0 Å². The zero-order valence-corrected chi connectivity index (χ0v) is 18.7. The smallest absolute Gasteiger partial charge is 0.408 e. The van der Waals surface area contributed by atoms with Gasteiger partial charge >= 0.3 is 18.0 Å². The Morgan fingerprint density at radius 1 is 1.03 bits per heavy atom. The number of carbonyl (C=O) groups is 3. The molecular weight excluding hydrogens is 440 g/mol. The molecule has 1 amide bonds. The van der Waals surface area contributed by atoms with Gasteiger partial charge in [-0.15, -0.1) is 0 Å². The Hall–Kier alpha value is -4.18. The molecule has 0 unspecified atom stereocenters. The van der Waals surface area contributed by atoms with Crippen LogP contribution in [0.4, 0.5) is 4.79 Å². The number of carboxylic acid groups (broad SMARTS) is 1. The fourth-order valence-corrected chi connectivity index (χ4v) is 2.82. The van der Waals surface area contributed by atoms with Gasteiger partial charge in [-0.25, -0.2) is 14.6 Å². The van der Waals surface area contributed by atoms with Crippen LogP contribution in [-0.4, -0.2) is 52.3 Å². The van der Waals surface area contributed by atoms with Crippen molar-refractivity contribution in [3.8, 4) is 0 Å². The highest BCUT2D eigenvalue weighted by molar-refractivity contribution is 5.80. The molecule has 34 heavy (non-hydrogen) atoms. The van der Waals surface area contributed by atoms with Gasteiger partial charge in [-0.05, 0) is 11.1 Å². The summed E-state index contributed by atoms with van der Waals surface area (Å²) < 4.78 is 9.50. The van der Waals surface area contributed by atoms with Crippen molar-refractivity contribution < 1.29 is 29.0 Å². The summed E-state index contributed by atoms with van der Waals surface area (Å²) in [4.78, 5) is 40.5. The van der Waals surface area contributed by atoms with Crippen molar-refractivity contribution in [3.05, 3.63) is 90.0 Å². The number of nitrogens with zero attached hydrogens (tertiary/aromatic N) is 1. The van der Waals surface area contributed by atoms with Gasteiger partial charge in [0.15, 0.2) is 0 Å². The molecule has 0 saturated heterocycles. The monoisotopic (exact) mass is 468 g/mol. The molecule has 0 aliphatic rings. The SMILES string of the molecule is COC(=O)[C@H](N)Cc1cnc[nH]1.O=C(N[C@H](Cc1ccccc1)C(=O)O)OCc1ccccc1. The van der Waals surface area contributed by atoms with Crippen LogP contribution in [0, 0.1) is 0 Å². The Labute approximate surface area is 197 Å². The minimum atomic E-state index is -1.10. The molecule has 2 atom stereocenters. The molecule has 0 radical (unpaired) electrons. The van der Waals surface area contributed by atoms with E-state index in [1.807, 2.05) is 60.7 Å². The number of carbonyl (C=O) groups excluding carboxylic acids is 2. The lowest BCUT2D eigenvalue weighted by atomic mass is 10.1. The molecule has 5 N–H and O–H groups in total. The van der Waals surface area contributed by atoms with E-state index < -0.39 is 30.1 Å². The molecule has 1 heterocycles. The number of ether oxygens (including phenoxy) is 2. The second-order valence-corrected chi connectivity index (χ2v) is 7.20. The number of H-pyrrole nitrogens is 1. The number of benzene rings is 2. The summed E-state index contributed by atoms with van der Waals surface area (Å²) in [6.07, 6.45) is 3.05. The van der Waals surface area contributed by atoms with E-state index in [1.54, 1.807) is 12.5 Å². The van der Waals surface area contributed by atoms with Gasteiger partial charge in [0, 0.05) is 24.7 Å². The highest BCUT2D eigenvalue weighted by Crippen LogP contribution is 2.05. The number of aromatic nitrogens is 2. The number of imidazole rings is 1. The van der Waals surface area contributed by atoms with E-state index >= 15 is 0 Å². The molecule has 10 heteroatoms. The Kier molecular flexibility index (Phi) is 10.8. The number of amides is 1. The maximum atomic E-state index is 11.7.